The smallest absolute Gasteiger partial charge is 0.275 e. The fourth-order valence-electron chi connectivity index (χ4n) is 1.67. The number of nitrogens with zero attached hydrogens (tertiary/aromatic N) is 1. The van der Waals surface area contributed by atoms with Crippen molar-refractivity contribution in [2.75, 3.05) is 5.73 Å². The van der Waals surface area contributed by atoms with Crippen LogP contribution in [0.2, 0.25) is 0 Å². The second-order valence-corrected chi connectivity index (χ2v) is 5.67. The first-order valence-corrected chi connectivity index (χ1v) is 7.24. The van der Waals surface area contributed by atoms with Crippen LogP contribution in [0.15, 0.2) is 47.6 Å². The van der Waals surface area contributed by atoms with Gasteiger partial charge in [-0.2, -0.15) is 5.10 Å². The third kappa shape index (κ3) is 3.94. The van der Waals surface area contributed by atoms with Gasteiger partial charge in [0.2, 0.25) is 0 Å². The Labute approximate surface area is 136 Å². The minimum absolute atomic E-state index is 0.0757. The molecule has 2 aromatic rings. The summed E-state index contributed by atoms with van der Waals surface area (Å²) in [6.45, 7) is 1.78. The van der Waals surface area contributed by atoms with Crippen molar-refractivity contribution in [3.63, 3.8) is 0 Å². The predicted octanol–water partition coefficient (Wildman–Crippen LogP) is 2.73. The molecule has 0 spiro atoms. The Hall–Kier alpha value is -2.09. The summed E-state index contributed by atoms with van der Waals surface area (Å²) >= 11 is 2.07. The van der Waals surface area contributed by atoms with E-state index in [-0.39, 0.29) is 11.3 Å². The van der Waals surface area contributed by atoms with Crippen LogP contribution in [-0.4, -0.2) is 16.7 Å². The van der Waals surface area contributed by atoms with E-state index >= 15 is 0 Å². The zero-order valence-corrected chi connectivity index (χ0v) is 13.5. The second-order valence-electron chi connectivity index (χ2n) is 4.42. The van der Waals surface area contributed by atoms with Crippen molar-refractivity contribution in [2.24, 2.45) is 5.10 Å². The third-order valence-corrected chi connectivity index (χ3v) is 3.53. The highest BCUT2D eigenvalue weighted by Gasteiger charge is 2.11. The summed E-state index contributed by atoms with van der Waals surface area (Å²) in [5.74, 6) is -0.533. The lowest BCUT2D eigenvalue weighted by molar-refractivity contribution is 0.0952. The number of nitrogens with one attached hydrogen (secondary N) is 1. The molecule has 0 bridgehead atoms. The summed E-state index contributed by atoms with van der Waals surface area (Å²) in [7, 11) is 0. The average Bonchev–Trinajstić information content (AvgIpc) is 2.47. The van der Waals surface area contributed by atoms with E-state index in [1.54, 1.807) is 31.2 Å². The third-order valence-electron chi connectivity index (χ3n) is 2.86. The van der Waals surface area contributed by atoms with Gasteiger partial charge in [-0.15, -0.1) is 0 Å². The number of phenols is 1. The van der Waals surface area contributed by atoms with Crippen LogP contribution in [0, 0.1) is 3.57 Å². The first kappa shape index (κ1) is 15.3. The summed E-state index contributed by atoms with van der Waals surface area (Å²) in [6, 6.07) is 12.0. The van der Waals surface area contributed by atoms with Crippen molar-refractivity contribution in [2.45, 2.75) is 6.92 Å². The number of benzene rings is 2. The SMILES string of the molecule is C/C(=N\NC(=O)c1cc(I)ccc1O)c1ccc(N)cc1. The topological polar surface area (TPSA) is 87.7 Å². The van der Waals surface area contributed by atoms with Gasteiger partial charge in [0.1, 0.15) is 5.75 Å². The highest BCUT2D eigenvalue weighted by atomic mass is 127. The first-order valence-electron chi connectivity index (χ1n) is 6.16. The van der Waals surface area contributed by atoms with Crippen molar-refractivity contribution in [1.82, 2.24) is 5.43 Å². The number of hydrazone groups is 1. The van der Waals surface area contributed by atoms with E-state index in [1.807, 2.05) is 12.1 Å². The Kier molecular flexibility index (Phi) is 4.79. The van der Waals surface area contributed by atoms with Crippen LogP contribution in [0.1, 0.15) is 22.8 Å². The molecule has 0 atom stereocenters. The number of aromatic hydroxyl groups is 1. The largest absolute Gasteiger partial charge is 0.507 e. The summed E-state index contributed by atoms with van der Waals surface area (Å²) in [5, 5.41) is 13.7. The number of hydrogen-bond donors (Lipinski definition) is 3. The van der Waals surface area contributed by atoms with Crippen molar-refractivity contribution in [1.29, 1.82) is 0 Å². The van der Waals surface area contributed by atoms with Gasteiger partial charge in [-0.25, -0.2) is 5.43 Å². The molecule has 0 radical (unpaired) electrons. The normalized spacial score (nSPS) is 11.2. The lowest BCUT2D eigenvalue weighted by Gasteiger charge is -2.05. The van der Waals surface area contributed by atoms with Gasteiger partial charge in [0.25, 0.3) is 5.91 Å². The summed E-state index contributed by atoms with van der Waals surface area (Å²) in [4.78, 5) is 12.0. The Morgan fingerprint density at radius 1 is 1.24 bits per heavy atom. The summed E-state index contributed by atoms with van der Waals surface area (Å²) in [5.41, 5.74) is 10.4. The molecule has 0 fully saturated rings. The van der Waals surface area contributed by atoms with Crippen LogP contribution < -0.4 is 11.2 Å². The number of halogens is 1. The van der Waals surface area contributed by atoms with Gasteiger partial charge < -0.3 is 10.8 Å². The van der Waals surface area contributed by atoms with Crippen LogP contribution >= 0.6 is 22.6 Å². The lowest BCUT2D eigenvalue weighted by atomic mass is 10.1. The van der Waals surface area contributed by atoms with Crippen molar-refractivity contribution < 1.29 is 9.90 Å². The molecular formula is C15H14IN3O2. The molecular weight excluding hydrogens is 381 g/mol. The van der Waals surface area contributed by atoms with Crippen molar-refractivity contribution in [3.05, 3.63) is 57.2 Å². The van der Waals surface area contributed by atoms with Gasteiger partial charge in [0.15, 0.2) is 0 Å². The van der Waals surface area contributed by atoms with Crippen LogP contribution in [-0.2, 0) is 0 Å². The number of carbonyl (C=O) groups is 1. The highest BCUT2D eigenvalue weighted by molar-refractivity contribution is 14.1. The number of rotatable bonds is 3. The Bertz CT molecular complexity index is 697. The van der Waals surface area contributed by atoms with E-state index in [0.717, 1.165) is 9.13 Å². The number of phenolic OH excluding ortho intramolecular Hbond substituents is 1. The van der Waals surface area contributed by atoms with Crippen LogP contribution in [0.4, 0.5) is 5.69 Å². The van der Waals surface area contributed by atoms with Crippen molar-refractivity contribution >= 4 is 39.9 Å². The zero-order valence-electron chi connectivity index (χ0n) is 11.3. The average molecular weight is 395 g/mol. The molecule has 21 heavy (non-hydrogen) atoms. The zero-order chi connectivity index (χ0) is 15.4. The maximum absolute atomic E-state index is 12.0. The molecule has 0 aromatic heterocycles. The Morgan fingerprint density at radius 2 is 1.90 bits per heavy atom. The van der Waals surface area contributed by atoms with E-state index in [2.05, 4.69) is 33.1 Å². The van der Waals surface area contributed by atoms with Gasteiger partial charge >= 0.3 is 0 Å². The molecule has 2 rings (SSSR count). The van der Waals surface area contributed by atoms with Gasteiger partial charge in [0, 0.05) is 9.26 Å². The van der Waals surface area contributed by atoms with E-state index < -0.39 is 5.91 Å². The van der Waals surface area contributed by atoms with Crippen LogP contribution in [0.3, 0.4) is 0 Å². The lowest BCUT2D eigenvalue weighted by Crippen LogP contribution is -2.19. The molecule has 108 valence electrons. The number of nitrogens with two attached hydrogens (primary N) is 1. The fourth-order valence-corrected chi connectivity index (χ4v) is 2.17. The Balaban J connectivity index is 2.14. The Morgan fingerprint density at radius 3 is 2.57 bits per heavy atom. The van der Waals surface area contributed by atoms with E-state index in [1.165, 1.54) is 6.07 Å². The summed E-state index contributed by atoms with van der Waals surface area (Å²) in [6.07, 6.45) is 0. The molecule has 0 aliphatic heterocycles. The molecule has 0 unspecified atom stereocenters. The highest BCUT2D eigenvalue weighted by Crippen LogP contribution is 2.19. The van der Waals surface area contributed by atoms with Crippen LogP contribution in [0.25, 0.3) is 0 Å². The van der Waals surface area contributed by atoms with Gasteiger partial charge in [-0.05, 0) is 65.4 Å². The molecule has 6 heteroatoms. The molecule has 1 amide bonds. The minimum atomic E-state index is -0.458. The fraction of sp³-hybridized carbons (Fsp3) is 0.0667. The van der Waals surface area contributed by atoms with Gasteiger partial charge in [-0.1, -0.05) is 12.1 Å². The molecule has 4 N–H and O–H groups in total. The maximum atomic E-state index is 12.0. The number of carbonyl (C=O) groups excluding carboxylic acids is 1. The first-order chi connectivity index (χ1) is 9.97. The quantitative estimate of drug-likeness (QED) is 0.323. The summed E-state index contributed by atoms with van der Waals surface area (Å²) < 4.78 is 0.856. The van der Waals surface area contributed by atoms with E-state index in [0.29, 0.717) is 11.4 Å². The minimum Gasteiger partial charge on any atom is -0.507 e. The van der Waals surface area contributed by atoms with E-state index in [4.69, 9.17) is 5.73 Å². The molecule has 2 aromatic carbocycles. The second kappa shape index (κ2) is 6.57. The number of anilines is 1. The van der Waals surface area contributed by atoms with Crippen molar-refractivity contribution in [3.8, 4) is 5.75 Å². The van der Waals surface area contributed by atoms with Crippen LogP contribution in [0.5, 0.6) is 5.75 Å². The maximum Gasteiger partial charge on any atom is 0.275 e. The molecule has 0 heterocycles. The number of amides is 1. The molecule has 5 nitrogen and oxygen atoms in total. The number of nitrogen functional groups attached to an aromatic ring is 1. The molecule has 0 saturated carbocycles. The molecule has 0 aliphatic carbocycles. The molecule has 0 aliphatic rings. The number of hydrogen-bond acceptors (Lipinski definition) is 4. The van der Waals surface area contributed by atoms with Gasteiger partial charge in [-0.3, -0.25) is 4.79 Å². The standard InChI is InChI=1S/C15H14IN3O2/c1-9(10-2-5-12(17)6-3-10)18-19-15(21)13-8-11(16)4-7-14(13)20/h2-8,20H,17H2,1H3,(H,19,21)/b18-9+. The van der Waals surface area contributed by atoms with Gasteiger partial charge in [0.05, 0.1) is 11.3 Å². The monoisotopic (exact) mass is 395 g/mol. The van der Waals surface area contributed by atoms with E-state index in [9.17, 15) is 9.90 Å². The molecule has 0 saturated heterocycles. The predicted molar refractivity (Wildman–Crippen MR) is 91.4 cm³/mol.